The highest BCUT2D eigenvalue weighted by Crippen LogP contribution is 2.34. The molecule has 0 heterocycles. The van der Waals surface area contributed by atoms with Crippen LogP contribution in [-0.4, -0.2) is 39.0 Å². The van der Waals surface area contributed by atoms with Crippen LogP contribution < -0.4 is 14.2 Å². The van der Waals surface area contributed by atoms with Crippen molar-refractivity contribution in [2.75, 3.05) is 27.9 Å². The number of carbonyl (C=O) groups is 1. The van der Waals surface area contributed by atoms with E-state index in [1.165, 1.54) is 21.3 Å². The van der Waals surface area contributed by atoms with Gasteiger partial charge in [-0.3, -0.25) is 0 Å². The topological polar surface area (TPSA) is 83.5 Å². The maximum atomic E-state index is 10.5. The van der Waals surface area contributed by atoms with E-state index in [2.05, 4.69) is 4.89 Å². The van der Waals surface area contributed by atoms with Gasteiger partial charge in [-0.2, -0.15) is 0 Å². The molecule has 0 spiro atoms. The highest BCUT2D eigenvalue weighted by atomic mass is 17.2. The fraction of sp³-hybridized carbons (Fsp3) is 0.417. The Morgan fingerprint density at radius 1 is 1.16 bits per heavy atom. The summed E-state index contributed by atoms with van der Waals surface area (Å²) in [7, 11) is 4.35. The van der Waals surface area contributed by atoms with E-state index in [0.717, 1.165) is 0 Å². The Morgan fingerprint density at radius 3 is 2.16 bits per heavy atom. The Hall–Kier alpha value is -1.99. The van der Waals surface area contributed by atoms with E-state index in [-0.39, 0.29) is 6.61 Å². The molecule has 19 heavy (non-hydrogen) atoms. The van der Waals surface area contributed by atoms with E-state index in [0.29, 0.717) is 22.8 Å². The number of aliphatic carboxylic acids is 1. The Balaban J connectivity index is 3.01. The Morgan fingerprint density at radius 2 is 1.74 bits per heavy atom. The van der Waals surface area contributed by atoms with Gasteiger partial charge in [-0.15, -0.1) is 0 Å². The highest BCUT2D eigenvalue weighted by molar-refractivity contribution is 5.68. The van der Waals surface area contributed by atoms with Gasteiger partial charge in [0, 0.05) is 12.1 Å². The number of carboxylic acids is 1. The maximum absolute atomic E-state index is 10.5. The van der Waals surface area contributed by atoms with Crippen molar-refractivity contribution in [2.24, 2.45) is 0 Å². The zero-order valence-electron chi connectivity index (χ0n) is 11.0. The molecule has 0 radical (unpaired) electrons. The van der Waals surface area contributed by atoms with Gasteiger partial charge in [-0.05, 0) is 0 Å². The van der Waals surface area contributed by atoms with Crippen molar-refractivity contribution in [3.8, 4) is 17.2 Å². The first-order chi connectivity index (χ1) is 9.12. The average Bonchev–Trinajstić information content (AvgIpc) is 2.42. The van der Waals surface area contributed by atoms with Crippen LogP contribution in [0.3, 0.4) is 0 Å². The smallest absolute Gasteiger partial charge is 0.341 e. The summed E-state index contributed by atoms with van der Waals surface area (Å²) in [5, 5.41) is 8.57. The van der Waals surface area contributed by atoms with Gasteiger partial charge >= 0.3 is 5.97 Å². The first-order valence-corrected chi connectivity index (χ1v) is 5.37. The van der Waals surface area contributed by atoms with Gasteiger partial charge in [0.05, 0.1) is 26.9 Å². The predicted octanol–water partition coefficient (Wildman–Crippen LogP) is 1.25. The van der Waals surface area contributed by atoms with Crippen LogP contribution in [0.25, 0.3) is 0 Å². The summed E-state index contributed by atoms with van der Waals surface area (Å²) in [5.74, 6) is 0.176. The molecule has 1 aromatic rings. The minimum absolute atomic E-state index is 0.127. The number of hydrogen-bond donors (Lipinski definition) is 1. The van der Waals surface area contributed by atoms with E-state index < -0.39 is 12.6 Å². The number of rotatable bonds is 8. The summed E-state index contributed by atoms with van der Waals surface area (Å²) < 4.78 is 15.5. The third-order valence-electron chi connectivity index (χ3n) is 2.26. The lowest BCUT2D eigenvalue weighted by molar-refractivity contribution is -0.282. The van der Waals surface area contributed by atoms with Crippen molar-refractivity contribution in [1.29, 1.82) is 0 Å². The second kappa shape index (κ2) is 7.45. The lowest BCUT2D eigenvalue weighted by Crippen LogP contribution is -2.10. The van der Waals surface area contributed by atoms with E-state index in [1.807, 2.05) is 0 Å². The standard InChI is InChI=1S/C12H16O7/c1-15-10-4-8(18-7-12(13)14)5-11(16-2)9(10)6-19-17-3/h4-5H,6-7H2,1-3H3,(H,13,14). The number of ether oxygens (including phenoxy) is 3. The van der Waals surface area contributed by atoms with Crippen LogP contribution in [0.5, 0.6) is 17.2 Å². The van der Waals surface area contributed by atoms with Crippen LogP contribution in [0.4, 0.5) is 0 Å². The molecular weight excluding hydrogens is 256 g/mol. The summed E-state index contributed by atoms with van der Waals surface area (Å²) in [6.45, 7) is -0.317. The first kappa shape index (κ1) is 15.1. The van der Waals surface area contributed by atoms with Crippen LogP contribution in [0, 0.1) is 0 Å². The van der Waals surface area contributed by atoms with E-state index >= 15 is 0 Å². The monoisotopic (exact) mass is 272 g/mol. The zero-order chi connectivity index (χ0) is 14.3. The van der Waals surface area contributed by atoms with Crippen LogP contribution in [0.15, 0.2) is 12.1 Å². The van der Waals surface area contributed by atoms with Crippen LogP contribution in [0.1, 0.15) is 5.56 Å². The largest absolute Gasteiger partial charge is 0.496 e. The number of methoxy groups -OCH3 is 2. The van der Waals surface area contributed by atoms with Crippen LogP contribution in [0.2, 0.25) is 0 Å². The average molecular weight is 272 g/mol. The molecule has 1 rings (SSSR count). The Bertz CT molecular complexity index is 405. The van der Waals surface area contributed by atoms with Crippen molar-refractivity contribution in [3.63, 3.8) is 0 Å². The fourth-order valence-electron chi connectivity index (χ4n) is 1.45. The molecule has 0 aliphatic heterocycles. The summed E-state index contributed by atoms with van der Waals surface area (Å²) in [5.41, 5.74) is 0.634. The Kier molecular flexibility index (Phi) is 5.91. The molecule has 0 amide bonds. The summed E-state index contributed by atoms with van der Waals surface area (Å²) in [4.78, 5) is 19.8. The number of carboxylic acid groups (broad SMARTS) is 1. The molecule has 0 aliphatic carbocycles. The van der Waals surface area contributed by atoms with Gasteiger partial charge in [-0.25, -0.2) is 14.6 Å². The van der Waals surface area contributed by atoms with Gasteiger partial charge in [0.1, 0.15) is 23.9 Å². The zero-order valence-corrected chi connectivity index (χ0v) is 11.0. The normalized spacial score (nSPS) is 10.1. The van der Waals surface area contributed by atoms with Crippen molar-refractivity contribution >= 4 is 5.97 Å². The Labute approximate surface area is 110 Å². The SMILES string of the molecule is COOCc1c(OC)cc(OCC(=O)O)cc1OC. The fourth-order valence-corrected chi connectivity index (χ4v) is 1.45. The van der Waals surface area contributed by atoms with Crippen LogP contribution >= 0.6 is 0 Å². The molecule has 0 atom stereocenters. The molecule has 0 aliphatic rings. The van der Waals surface area contributed by atoms with Gasteiger partial charge in [0.2, 0.25) is 0 Å². The third kappa shape index (κ3) is 4.31. The van der Waals surface area contributed by atoms with Gasteiger partial charge in [0.25, 0.3) is 0 Å². The number of hydrogen-bond acceptors (Lipinski definition) is 6. The molecule has 0 aromatic heterocycles. The first-order valence-electron chi connectivity index (χ1n) is 5.37. The summed E-state index contributed by atoms with van der Waals surface area (Å²) in [6.07, 6.45) is 0. The maximum Gasteiger partial charge on any atom is 0.341 e. The van der Waals surface area contributed by atoms with E-state index in [4.69, 9.17) is 24.2 Å². The quantitative estimate of drug-likeness (QED) is 0.563. The molecule has 0 saturated carbocycles. The van der Waals surface area contributed by atoms with Gasteiger partial charge in [-0.1, -0.05) is 0 Å². The van der Waals surface area contributed by atoms with Gasteiger partial charge in [0.15, 0.2) is 6.61 Å². The molecule has 1 N–H and O–H groups in total. The molecule has 0 bridgehead atoms. The third-order valence-corrected chi connectivity index (χ3v) is 2.26. The van der Waals surface area contributed by atoms with Crippen molar-refractivity contribution in [3.05, 3.63) is 17.7 Å². The summed E-state index contributed by atoms with van der Waals surface area (Å²) >= 11 is 0. The second-order valence-corrected chi connectivity index (χ2v) is 3.42. The van der Waals surface area contributed by atoms with Crippen molar-refractivity contribution in [1.82, 2.24) is 0 Å². The summed E-state index contributed by atoms with van der Waals surface area (Å²) in [6, 6.07) is 3.11. The van der Waals surface area contributed by atoms with Crippen molar-refractivity contribution in [2.45, 2.75) is 6.61 Å². The molecule has 7 heteroatoms. The minimum Gasteiger partial charge on any atom is -0.496 e. The molecule has 106 valence electrons. The molecule has 0 fully saturated rings. The van der Waals surface area contributed by atoms with Crippen LogP contribution in [-0.2, 0) is 21.2 Å². The lowest BCUT2D eigenvalue weighted by atomic mass is 10.1. The lowest BCUT2D eigenvalue weighted by Gasteiger charge is -2.14. The van der Waals surface area contributed by atoms with Crippen molar-refractivity contribution < 1.29 is 33.9 Å². The minimum atomic E-state index is -1.07. The number of benzene rings is 1. The second-order valence-electron chi connectivity index (χ2n) is 3.42. The molecule has 0 saturated heterocycles. The molecule has 1 aromatic carbocycles. The van der Waals surface area contributed by atoms with E-state index in [9.17, 15) is 4.79 Å². The molecule has 7 nitrogen and oxygen atoms in total. The molecule has 0 unspecified atom stereocenters. The highest BCUT2D eigenvalue weighted by Gasteiger charge is 2.14. The van der Waals surface area contributed by atoms with Gasteiger partial charge < -0.3 is 19.3 Å². The predicted molar refractivity (Wildman–Crippen MR) is 64.5 cm³/mol. The van der Waals surface area contributed by atoms with E-state index in [1.54, 1.807) is 12.1 Å². The molecular formula is C12H16O7.